The van der Waals surface area contributed by atoms with E-state index >= 15 is 0 Å². The van der Waals surface area contributed by atoms with Gasteiger partial charge in [0.25, 0.3) is 0 Å². The molecule has 0 spiro atoms. The van der Waals surface area contributed by atoms with Gasteiger partial charge in [0.05, 0.1) is 7.11 Å². The first-order valence-electron chi connectivity index (χ1n) is 5.95. The van der Waals surface area contributed by atoms with Crippen LogP contribution in [0.5, 0.6) is 5.75 Å². The Morgan fingerprint density at radius 2 is 2.00 bits per heavy atom. The van der Waals surface area contributed by atoms with E-state index in [4.69, 9.17) is 17.0 Å². The second kappa shape index (κ2) is 5.82. The maximum Gasteiger partial charge on any atom is 0.229 e. The number of hydrogen-bond acceptors (Lipinski definition) is 3. The van der Waals surface area contributed by atoms with Crippen LogP contribution in [0, 0.1) is 5.92 Å². The average molecular weight is 264 g/mol. The number of ether oxygens (including phenoxy) is 1. The van der Waals surface area contributed by atoms with Gasteiger partial charge in [-0.2, -0.15) is 0 Å². The van der Waals surface area contributed by atoms with Crippen LogP contribution in [0.25, 0.3) is 0 Å². The molecule has 0 heterocycles. The van der Waals surface area contributed by atoms with E-state index in [9.17, 15) is 4.79 Å². The van der Waals surface area contributed by atoms with Gasteiger partial charge in [-0.25, -0.2) is 0 Å². The van der Waals surface area contributed by atoms with Crippen molar-refractivity contribution in [2.45, 2.75) is 19.3 Å². The molecule has 4 nitrogen and oxygen atoms in total. The third-order valence-electron chi connectivity index (χ3n) is 3.06. The molecular weight excluding hydrogens is 248 g/mol. The molecule has 5 heteroatoms. The summed E-state index contributed by atoms with van der Waals surface area (Å²) in [5.41, 5.74) is 0.828. The van der Waals surface area contributed by atoms with E-state index in [1.165, 1.54) is 0 Å². The Morgan fingerprint density at radius 3 is 2.50 bits per heavy atom. The number of hydrogen-bond donors (Lipinski definition) is 2. The zero-order valence-corrected chi connectivity index (χ0v) is 11.0. The SMILES string of the molecule is COc1ccc(NC(=S)NC(=O)C2CCC2)cc1. The monoisotopic (exact) mass is 264 g/mol. The summed E-state index contributed by atoms with van der Waals surface area (Å²) in [6.45, 7) is 0. The van der Waals surface area contributed by atoms with Crippen molar-refractivity contribution in [1.82, 2.24) is 5.32 Å². The van der Waals surface area contributed by atoms with Gasteiger partial charge in [0.2, 0.25) is 5.91 Å². The molecule has 1 fully saturated rings. The molecule has 2 N–H and O–H groups in total. The molecule has 1 aromatic carbocycles. The predicted molar refractivity (Wildman–Crippen MR) is 74.7 cm³/mol. The molecule has 0 bridgehead atoms. The Kier molecular flexibility index (Phi) is 4.15. The van der Waals surface area contributed by atoms with Gasteiger partial charge in [0, 0.05) is 11.6 Å². The van der Waals surface area contributed by atoms with Crippen LogP contribution >= 0.6 is 12.2 Å². The summed E-state index contributed by atoms with van der Waals surface area (Å²) >= 11 is 5.09. The molecule has 1 amide bonds. The number of methoxy groups -OCH3 is 1. The minimum atomic E-state index is 0.0206. The number of carbonyl (C=O) groups excluding carboxylic acids is 1. The van der Waals surface area contributed by atoms with Crippen molar-refractivity contribution >= 4 is 28.9 Å². The zero-order chi connectivity index (χ0) is 13.0. The van der Waals surface area contributed by atoms with Gasteiger partial charge in [-0.15, -0.1) is 0 Å². The molecule has 96 valence electrons. The van der Waals surface area contributed by atoms with Crippen LogP contribution in [0.4, 0.5) is 5.69 Å². The van der Waals surface area contributed by atoms with E-state index in [0.717, 1.165) is 30.7 Å². The molecule has 0 saturated heterocycles. The molecule has 1 aromatic rings. The predicted octanol–water partition coefficient (Wildman–Crippen LogP) is 2.31. The summed E-state index contributed by atoms with van der Waals surface area (Å²) < 4.78 is 5.06. The number of benzene rings is 1. The largest absolute Gasteiger partial charge is 0.497 e. The fourth-order valence-electron chi connectivity index (χ4n) is 1.72. The fraction of sp³-hybridized carbons (Fsp3) is 0.385. The summed E-state index contributed by atoms with van der Waals surface area (Å²) in [6, 6.07) is 7.36. The van der Waals surface area contributed by atoms with Gasteiger partial charge in [-0.1, -0.05) is 6.42 Å². The van der Waals surface area contributed by atoms with Crippen LogP contribution in [0.3, 0.4) is 0 Å². The van der Waals surface area contributed by atoms with Crippen LogP contribution in [-0.2, 0) is 4.79 Å². The highest BCUT2D eigenvalue weighted by atomic mass is 32.1. The van der Waals surface area contributed by atoms with Gasteiger partial charge in [-0.05, 0) is 49.3 Å². The zero-order valence-electron chi connectivity index (χ0n) is 10.2. The molecular formula is C13H16N2O2S. The number of carbonyl (C=O) groups is 1. The minimum Gasteiger partial charge on any atom is -0.497 e. The second-order valence-electron chi connectivity index (χ2n) is 4.30. The van der Waals surface area contributed by atoms with Crippen LogP contribution in [0.2, 0.25) is 0 Å². The van der Waals surface area contributed by atoms with E-state index < -0.39 is 0 Å². The molecule has 1 aliphatic carbocycles. The maximum absolute atomic E-state index is 11.7. The van der Waals surface area contributed by atoms with Crippen molar-refractivity contribution in [1.29, 1.82) is 0 Å². The van der Waals surface area contributed by atoms with Crippen LogP contribution < -0.4 is 15.4 Å². The van der Waals surface area contributed by atoms with Gasteiger partial charge >= 0.3 is 0 Å². The number of anilines is 1. The number of rotatable bonds is 3. The van der Waals surface area contributed by atoms with Crippen LogP contribution in [0.1, 0.15) is 19.3 Å². The van der Waals surface area contributed by atoms with Gasteiger partial charge in [0.15, 0.2) is 5.11 Å². The molecule has 0 aliphatic heterocycles. The van der Waals surface area contributed by atoms with E-state index in [0.29, 0.717) is 5.11 Å². The Bertz CT molecular complexity index is 441. The van der Waals surface area contributed by atoms with Crippen molar-refractivity contribution in [2.75, 3.05) is 12.4 Å². The molecule has 18 heavy (non-hydrogen) atoms. The molecule has 1 saturated carbocycles. The maximum atomic E-state index is 11.7. The van der Waals surface area contributed by atoms with Crippen LogP contribution in [-0.4, -0.2) is 18.1 Å². The van der Waals surface area contributed by atoms with Crippen molar-refractivity contribution in [3.63, 3.8) is 0 Å². The highest BCUT2D eigenvalue weighted by molar-refractivity contribution is 7.80. The summed E-state index contributed by atoms with van der Waals surface area (Å²) in [4.78, 5) is 11.7. The molecule has 0 aromatic heterocycles. The second-order valence-corrected chi connectivity index (χ2v) is 4.71. The topological polar surface area (TPSA) is 50.4 Å². The van der Waals surface area contributed by atoms with Crippen molar-refractivity contribution < 1.29 is 9.53 Å². The van der Waals surface area contributed by atoms with Crippen molar-refractivity contribution in [3.8, 4) is 5.75 Å². The summed E-state index contributed by atoms with van der Waals surface area (Å²) in [5.74, 6) is 0.942. The smallest absolute Gasteiger partial charge is 0.229 e. The molecule has 2 rings (SSSR count). The normalized spacial score (nSPS) is 14.5. The number of thiocarbonyl (C=S) groups is 1. The standard InChI is InChI=1S/C13H16N2O2S/c1-17-11-7-5-10(6-8-11)14-13(18)15-12(16)9-3-2-4-9/h5-9H,2-4H2,1H3,(H2,14,15,16,18). The quantitative estimate of drug-likeness (QED) is 0.823. The molecule has 0 atom stereocenters. The van der Waals surface area contributed by atoms with Crippen molar-refractivity contribution in [3.05, 3.63) is 24.3 Å². The Morgan fingerprint density at radius 1 is 1.33 bits per heavy atom. The Hall–Kier alpha value is -1.62. The first kappa shape index (κ1) is 12.8. The third-order valence-corrected chi connectivity index (χ3v) is 3.26. The highest BCUT2D eigenvalue weighted by Gasteiger charge is 2.25. The van der Waals surface area contributed by atoms with E-state index in [2.05, 4.69) is 10.6 Å². The summed E-state index contributed by atoms with van der Waals surface area (Å²) in [5, 5.41) is 6.02. The van der Waals surface area contributed by atoms with E-state index in [1.54, 1.807) is 7.11 Å². The summed E-state index contributed by atoms with van der Waals surface area (Å²) in [7, 11) is 1.62. The third kappa shape index (κ3) is 3.20. The lowest BCUT2D eigenvalue weighted by Crippen LogP contribution is -2.40. The first-order chi connectivity index (χ1) is 8.69. The van der Waals surface area contributed by atoms with Gasteiger partial charge in [0.1, 0.15) is 5.75 Å². The minimum absolute atomic E-state index is 0.0206. The fourth-order valence-corrected chi connectivity index (χ4v) is 1.94. The number of nitrogens with one attached hydrogen (secondary N) is 2. The Balaban J connectivity index is 1.84. The molecule has 0 unspecified atom stereocenters. The summed E-state index contributed by atoms with van der Waals surface area (Å²) in [6.07, 6.45) is 3.07. The highest BCUT2D eigenvalue weighted by Crippen LogP contribution is 2.26. The van der Waals surface area contributed by atoms with Gasteiger partial charge < -0.3 is 15.4 Å². The van der Waals surface area contributed by atoms with Crippen LogP contribution in [0.15, 0.2) is 24.3 Å². The first-order valence-corrected chi connectivity index (χ1v) is 6.36. The lowest BCUT2D eigenvalue weighted by molar-refractivity contribution is -0.125. The number of amides is 1. The lowest BCUT2D eigenvalue weighted by atomic mass is 9.85. The van der Waals surface area contributed by atoms with E-state index in [1.807, 2.05) is 24.3 Å². The molecule has 0 radical (unpaired) electrons. The molecule has 1 aliphatic rings. The van der Waals surface area contributed by atoms with E-state index in [-0.39, 0.29) is 11.8 Å². The Labute approximate surface area is 112 Å². The van der Waals surface area contributed by atoms with Gasteiger partial charge in [-0.3, -0.25) is 4.79 Å². The lowest BCUT2D eigenvalue weighted by Gasteiger charge is -2.24. The van der Waals surface area contributed by atoms with Crippen molar-refractivity contribution in [2.24, 2.45) is 5.92 Å². The average Bonchev–Trinajstić information content (AvgIpc) is 2.27.